The zero-order valence-corrected chi connectivity index (χ0v) is 19.0. The van der Waals surface area contributed by atoms with Crippen molar-refractivity contribution in [3.63, 3.8) is 0 Å². The predicted octanol–water partition coefficient (Wildman–Crippen LogP) is 3.82. The van der Waals surface area contributed by atoms with Crippen molar-refractivity contribution in [2.24, 2.45) is 0 Å². The van der Waals surface area contributed by atoms with E-state index in [1.807, 2.05) is 13.0 Å². The molecule has 0 amide bonds. The van der Waals surface area contributed by atoms with Crippen molar-refractivity contribution >= 4 is 38.4 Å². The summed E-state index contributed by atoms with van der Waals surface area (Å²) in [5.74, 6) is -1.20. The number of carboxylic acid groups (broad SMARTS) is 1. The van der Waals surface area contributed by atoms with Gasteiger partial charge in [-0.15, -0.1) is 0 Å². The number of hydrogen-bond donors (Lipinski definition) is 1. The molecule has 8 nitrogen and oxygen atoms in total. The molecule has 4 aromatic rings. The van der Waals surface area contributed by atoms with E-state index in [1.165, 1.54) is 25.3 Å². The first-order chi connectivity index (χ1) is 15.6. The Morgan fingerprint density at radius 1 is 1.12 bits per heavy atom. The number of anilines is 2. The van der Waals surface area contributed by atoms with Gasteiger partial charge in [0.25, 0.3) is 10.0 Å². The Hall–Kier alpha value is -3.79. The summed E-state index contributed by atoms with van der Waals surface area (Å²) in [6.07, 6.45) is 4.23. The number of aromatic nitrogens is 3. The summed E-state index contributed by atoms with van der Waals surface area (Å²) in [4.78, 5) is 21.5. The third kappa shape index (κ3) is 4.05. The largest absolute Gasteiger partial charge is 0.481 e. The molecule has 170 valence electrons. The Balaban J connectivity index is 1.79. The molecule has 3 aromatic heterocycles. The topological polar surface area (TPSA) is 105 Å². The summed E-state index contributed by atoms with van der Waals surface area (Å²) in [6, 6.07) is 8.57. The van der Waals surface area contributed by atoms with E-state index in [-0.39, 0.29) is 27.1 Å². The first-order valence-corrected chi connectivity index (χ1v) is 11.4. The quantitative estimate of drug-likeness (QED) is 0.459. The number of aryl methyl sites for hydroxylation is 1. The zero-order valence-electron chi connectivity index (χ0n) is 18.2. The van der Waals surface area contributed by atoms with Gasteiger partial charge in [0.05, 0.1) is 23.8 Å². The molecule has 1 aromatic carbocycles. The van der Waals surface area contributed by atoms with Crippen LogP contribution in [-0.2, 0) is 21.2 Å². The van der Waals surface area contributed by atoms with Gasteiger partial charge in [0, 0.05) is 30.5 Å². The van der Waals surface area contributed by atoms with E-state index < -0.39 is 28.2 Å². The average molecular weight is 469 g/mol. The highest BCUT2D eigenvalue weighted by molar-refractivity contribution is 7.90. The number of hydrogen-bond acceptors (Lipinski definition) is 6. The second-order valence-corrected chi connectivity index (χ2v) is 9.48. The molecule has 0 fully saturated rings. The molecule has 0 radical (unpaired) electrons. The maximum absolute atomic E-state index is 13.9. The van der Waals surface area contributed by atoms with Crippen LogP contribution in [0.25, 0.3) is 10.9 Å². The molecule has 4 rings (SSSR count). The van der Waals surface area contributed by atoms with Gasteiger partial charge in [-0.2, -0.15) is 0 Å². The summed E-state index contributed by atoms with van der Waals surface area (Å²) in [6.45, 7) is 3.43. The van der Waals surface area contributed by atoms with E-state index >= 15 is 0 Å². The molecular formula is C23H21FN4O4S. The van der Waals surface area contributed by atoms with Gasteiger partial charge in [0.2, 0.25) is 0 Å². The van der Waals surface area contributed by atoms with Gasteiger partial charge < -0.3 is 10.0 Å². The van der Waals surface area contributed by atoms with Crippen molar-refractivity contribution in [2.45, 2.75) is 25.2 Å². The Morgan fingerprint density at radius 3 is 2.52 bits per heavy atom. The van der Waals surface area contributed by atoms with E-state index in [2.05, 4.69) is 9.97 Å². The highest BCUT2D eigenvalue weighted by Gasteiger charge is 2.26. The number of aliphatic carboxylic acids is 1. The van der Waals surface area contributed by atoms with Crippen molar-refractivity contribution in [3.05, 3.63) is 77.6 Å². The van der Waals surface area contributed by atoms with E-state index in [0.29, 0.717) is 5.82 Å². The number of carbonyl (C=O) groups is 1. The van der Waals surface area contributed by atoms with Crippen LogP contribution in [0, 0.1) is 19.7 Å². The number of halogens is 1. The molecular weight excluding hydrogens is 447 g/mol. The molecule has 3 heterocycles. The minimum absolute atomic E-state index is 0.0757. The maximum Gasteiger partial charge on any atom is 0.307 e. The van der Waals surface area contributed by atoms with Gasteiger partial charge in [0.1, 0.15) is 16.5 Å². The van der Waals surface area contributed by atoms with Gasteiger partial charge >= 0.3 is 5.97 Å². The standard InChI is InChI=1S/C23H21FN4O4S/c1-14-8-17(12-25-11-14)27(3)22-7-5-18(13-26-22)33(31,32)28-15(2)19(10-23(29)30)20-9-16(24)4-6-21(20)28/h4-9,11-13H,10H2,1-3H3,(H,29,30). The van der Waals surface area contributed by atoms with Crippen LogP contribution in [0.2, 0.25) is 0 Å². The molecule has 0 saturated carbocycles. The molecule has 0 aliphatic heterocycles. The molecule has 0 atom stereocenters. The van der Waals surface area contributed by atoms with Crippen molar-refractivity contribution in [2.75, 3.05) is 11.9 Å². The van der Waals surface area contributed by atoms with Crippen LogP contribution in [-0.4, -0.2) is 40.5 Å². The Morgan fingerprint density at radius 2 is 1.88 bits per heavy atom. The second kappa shape index (κ2) is 8.28. The van der Waals surface area contributed by atoms with Crippen LogP contribution in [0.3, 0.4) is 0 Å². The van der Waals surface area contributed by atoms with Gasteiger partial charge in [0.15, 0.2) is 0 Å². The normalized spacial score (nSPS) is 11.6. The van der Waals surface area contributed by atoms with Crippen LogP contribution in [0.4, 0.5) is 15.9 Å². The average Bonchev–Trinajstić information content (AvgIpc) is 3.04. The lowest BCUT2D eigenvalue weighted by atomic mass is 10.1. The van der Waals surface area contributed by atoms with Gasteiger partial charge in [-0.1, -0.05) is 0 Å². The van der Waals surface area contributed by atoms with Crippen molar-refractivity contribution < 1.29 is 22.7 Å². The first-order valence-electron chi connectivity index (χ1n) is 9.98. The molecule has 0 aliphatic carbocycles. The number of carboxylic acids is 1. The number of fused-ring (bicyclic) bond motifs is 1. The lowest BCUT2D eigenvalue weighted by molar-refractivity contribution is -0.136. The predicted molar refractivity (Wildman–Crippen MR) is 122 cm³/mol. The number of pyridine rings is 2. The summed E-state index contributed by atoms with van der Waals surface area (Å²) in [5, 5.41) is 9.52. The highest BCUT2D eigenvalue weighted by Crippen LogP contribution is 2.31. The summed E-state index contributed by atoms with van der Waals surface area (Å²) in [5.41, 5.74) is 2.44. The molecule has 10 heteroatoms. The smallest absolute Gasteiger partial charge is 0.307 e. The maximum atomic E-state index is 13.9. The van der Waals surface area contributed by atoms with Gasteiger partial charge in [-0.25, -0.2) is 21.8 Å². The fourth-order valence-electron chi connectivity index (χ4n) is 3.79. The van der Waals surface area contributed by atoms with E-state index in [4.69, 9.17) is 0 Å². The van der Waals surface area contributed by atoms with Gasteiger partial charge in [-0.3, -0.25) is 9.78 Å². The summed E-state index contributed by atoms with van der Waals surface area (Å²) < 4.78 is 41.9. The fourth-order valence-corrected chi connectivity index (χ4v) is 5.32. The molecule has 0 spiro atoms. The SMILES string of the molecule is Cc1cncc(N(C)c2ccc(S(=O)(=O)n3c(C)c(CC(=O)O)c4cc(F)ccc43)cn2)c1. The third-order valence-corrected chi connectivity index (χ3v) is 7.21. The second-order valence-electron chi connectivity index (χ2n) is 7.70. The van der Waals surface area contributed by atoms with Crippen molar-refractivity contribution in [1.29, 1.82) is 0 Å². The lowest BCUT2D eigenvalue weighted by Gasteiger charge is -2.18. The third-order valence-electron chi connectivity index (χ3n) is 5.42. The molecule has 33 heavy (non-hydrogen) atoms. The zero-order chi connectivity index (χ0) is 23.9. The monoisotopic (exact) mass is 468 g/mol. The summed E-state index contributed by atoms with van der Waals surface area (Å²) in [7, 11) is -2.34. The van der Waals surface area contributed by atoms with Crippen molar-refractivity contribution in [1.82, 2.24) is 13.9 Å². The molecule has 0 unspecified atom stereocenters. The molecule has 1 N–H and O–H groups in total. The van der Waals surface area contributed by atoms with Crippen LogP contribution >= 0.6 is 0 Å². The molecule has 0 saturated heterocycles. The van der Waals surface area contributed by atoms with E-state index in [9.17, 15) is 22.7 Å². The first kappa shape index (κ1) is 22.4. The number of nitrogens with zero attached hydrogens (tertiary/aromatic N) is 4. The minimum Gasteiger partial charge on any atom is -0.481 e. The number of benzene rings is 1. The molecule has 0 bridgehead atoms. The van der Waals surface area contributed by atoms with Crippen LogP contribution in [0.5, 0.6) is 0 Å². The van der Waals surface area contributed by atoms with E-state index in [1.54, 1.807) is 30.4 Å². The van der Waals surface area contributed by atoms with E-state index in [0.717, 1.165) is 27.4 Å². The Kier molecular flexibility index (Phi) is 5.62. The van der Waals surface area contributed by atoms with Gasteiger partial charge in [-0.05, 0) is 61.4 Å². The Bertz CT molecular complexity index is 1480. The van der Waals surface area contributed by atoms with Crippen molar-refractivity contribution in [3.8, 4) is 0 Å². The fraction of sp³-hybridized carbons (Fsp3) is 0.174. The summed E-state index contributed by atoms with van der Waals surface area (Å²) >= 11 is 0. The highest BCUT2D eigenvalue weighted by atomic mass is 32.2. The molecule has 0 aliphatic rings. The van der Waals surface area contributed by atoms with Crippen LogP contribution in [0.1, 0.15) is 16.8 Å². The van der Waals surface area contributed by atoms with Crippen LogP contribution < -0.4 is 4.90 Å². The lowest BCUT2D eigenvalue weighted by Crippen LogP contribution is -2.16. The van der Waals surface area contributed by atoms with Crippen LogP contribution in [0.15, 0.2) is 59.9 Å². The Labute approximate surface area is 190 Å². The number of rotatable bonds is 6. The minimum atomic E-state index is -4.13.